The number of carbonyl (C=O) groups is 2. The molecule has 1 heterocycles. The molecule has 0 saturated carbocycles. The van der Waals surface area contributed by atoms with Crippen LogP contribution in [0, 0.1) is 0 Å². The van der Waals surface area contributed by atoms with E-state index in [-0.39, 0.29) is 17.2 Å². The zero-order chi connectivity index (χ0) is 16.9. The Morgan fingerprint density at radius 3 is 1.70 bits per heavy atom. The number of anilines is 1. The molecule has 3 nitrogen and oxygen atoms in total. The monoisotopic (exact) mass is 435 g/mol. The van der Waals surface area contributed by atoms with Crippen LogP contribution < -0.4 is 4.90 Å². The van der Waals surface area contributed by atoms with Crippen LogP contribution in [0.5, 0.6) is 0 Å². The van der Waals surface area contributed by atoms with Gasteiger partial charge >= 0.3 is 0 Å². The number of hydrogen-bond donors (Lipinski definition) is 0. The molecule has 0 unspecified atom stereocenters. The Bertz CT molecular complexity index is 779. The second kappa shape index (κ2) is 5.56. The van der Waals surface area contributed by atoms with Crippen LogP contribution in [0.4, 0.5) is 5.69 Å². The number of fused-ring (bicyclic) bond motifs is 1. The van der Waals surface area contributed by atoms with Crippen molar-refractivity contribution in [3.63, 3.8) is 0 Å². The Morgan fingerprint density at radius 1 is 0.870 bits per heavy atom. The number of imide groups is 1. The molecule has 0 bridgehead atoms. The van der Waals surface area contributed by atoms with Gasteiger partial charge < -0.3 is 0 Å². The van der Waals surface area contributed by atoms with Crippen LogP contribution >= 0.6 is 31.9 Å². The molecule has 2 aromatic rings. The van der Waals surface area contributed by atoms with Crippen LogP contribution in [-0.4, -0.2) is 11.8 Å². The average Bonchev–Trinajstić information content (AvgIpc) is 2.71. The third kappa shape index (κ3) is 2.66. The highest BCUT2D eigenvalue weighted by molar-refractivity contribution is 9.11. The molecule has 0 spiro atoms. The Labute approximate surface area is 151 Å². The van der Waals surface area contributed by atoms with Crippen molar-refractivity contribution in [2.75, 3.05) is 4.90 Å². The number of hydrogen-bond acceptors (Lipinski definition) is 2. The van der Waals surface area contributed by atoms with Crippen LogP contribution in [0.3, 0.4) is 0 Å². The Morgan fingerprint density at radius 2 is 1.30 bits per heavy atom. The Balaban J connectivity index is 2.15. The molecule has 0 aliphatic carbocycles. The molecule has 118 valence electrons. The minimum atomic E-state index is -0.296. The van der Waals surface area contributed by atoms with Crippen molar-refractivity contribution in [3.8, 4) is 0 Å². The molecule has 1 aliphatic heterocycles. The number of benzene rings is 2. The van der Waals surface area contributed by atoms with Crippen LogP contribution in [0.25, 0.3) is 0 Å². The van der Waals surface area contributed by atoms with E-state index in [1.165, 1.54) is 4.90 Å². The highest BCUT2D eigenvalue weighted by atomic mass is 79.9. The summed E-state index contributed by atoms with van der Waals surface area (Å²) >= 11 is 7.05. The second-order valence-electron chi connectivity index (χ2n) is 6.53. The van der Waals surface area contributed by atoms with Gasteiger partial charge in [0.2, 0.25) is 0 Å². The highest BCUT2D eigenvalue weighted by Gasteiger charge is 2.38. The lowest BCUT2D eigenvalue weighted by atomic mass is 9.87. The van der Waals surface area contributed by atoms with E-state index in [4.69, 9.17) is 0 Å². The number of amides is 2. The van der Waals surface area contributed by atoms with Gasteiger partial charge in [0, 0.05) is 8.95 Å². The van der Waals surface area contributed by atoms with Gasteiger partial charge in [0.15, 0.2) is 0 Å². The molecular formula is C18H15Br2NO2. The summed E-state index contributed by atoms with van der Waals surface area (Å²) in [5.41, 5.74) is 2.50. The number of nitrogens with zero attached hydrogens (tertiary/aromatic N) is 1. The van der Waals surface area contributed by atoms with E-state index in [0.29, 0.717) is 25.8 Å². The third-order valence-corrected chi connectivity index (χ3v) is 5.11. The molecule has 0 aromatic heterocycles. The van der Waals surface area contributed by atoms with Gasteiger partial charge in [-0.15, -0.1) is 0 Å². The summed E-state index contributed by atoms with van der Waals surface area (Å²) in [7, 11) is 0. The summed E-state index contributed by atoms with van der Waals surface area (Å²) in [5, 5.41) is 0. The minimum absolute atomic E-state index is 0.0362. The van der Waals surface area contributed by atoms with E-state index < -0.39 is 0 Å². The average molecular weight is 437 g/mol. The molecule has 5 heteroatoms. The fourth-order valence-corrected chi connectivity index (χ4v) is 4.15. The van der Waals surface area contributed by atoms with E-state index in [1.54, 1.807) is 24.3 Å². The number of halogens is 2. The summed E-state index contributed by atoms with van der Waals surface area (Å²) in [6.07, 6.45) is 0. The van der Waals surface area contributed by atoms with Crippen molar-refractivity contribution in [3.05, 3.63) is 62.0 Å². The zero-order valence-corrected chi connectivity index (χ0v) is 16.2. The van der Waals surface area contributed by atoms with Gasteiger partial charge in [-0.25, -0.2) is 4.90 Å². The number of rotatable bonds is 1. The van der Waals surface area contributed by atoms with Crippen LogP contribution in [0.1, 0.15) is 47.1 Å². The Kier molecular flexibility index (Phi) is 3.97. The lowest BCUT2D eigenvalue weighted by molar-refractivity contribution is 0.0926. The van der Waals surface area contributed by atoms with Crippen molar-refractivity contribution in [2.24, 2.45) is 0 Å². The molecular weight excluding hydrogens is 422 g/mol. The maximum absolute atomic E-state index is 12.7. The van der Waals surface area contributed by atoms with Gasteiger partial charge in [-0.1, -0.05) is 32.9 Å². The molecule has 2 aromatic carbocycles. The van der Waals surface area contributed by atoms with E-state index in [0.717, 1.165) is 5.56 Å². The molecule has 2 amide bonds. The van der Waals surface area contributed by atoms with E-state index in [2.05, 4.69) is 52.6 Å². The standard InChI is InChI=1S/C18H15Br2NO2/c1-18(2,3)10-8-13(19)15(14(20)9-10)21-16(22)11-6-4-5-7-12(11)17(21)23/h4-9H,1-3H3. The third-order valence-electron chi connectivity index (χ3n) is 3.90. The van der Waals surface area contributed by atoms with Gasteiger partial charge in [-0.05, 0) is 67.1 Å². The second-order valence-corrected chi connectivity index (χ2v) is 8.24. The van der Waals surface area contributed by atoms with Crippen LogP contribution in [0.2, 0.25) is 0 Å². The quantitative estimate of drug-likeness (QED) is 0.568. The highest BCUT2D eigenvalue weighted by Crippen LogP contribution is 2.41. The van der Waals surface area contributed by atoms with E-state index in [9.17, 15) is 9.59 Å². The summed E-state index contributed by atoms with van der Waals surface area (Å²) in [6.45, 7) is 6.34. The lowest BCUT2D eigenvalue weighted by Gasteiger charge is -2.24. The molecule has 3 rings (SSSR count). The lowest BCUT2D eigenvalue weighted by Crippen LogP contribution is -2.30. The molecule has 0 N–H and O–H groups in total. The molecule has 0 fully saturated rings. The molecule has 1 aliphatic rings. The maximum Gasteiger partial charge on any atom is 0.266 e. The SMILES string of the molecule is CC(C)(C)c1cc(Br)c(N2C(=O)c3ccccc3C2=O)c(Br)c1. The van der Waals surface area contributed by atoms with Crippen LogP contribution in [-0.2, 0) is 5.41 Å². The molecule has 0 saturated heterocycles. The molecule has 0 atom stereocenters. The van der Waals surface area contributed by atoms with Gasteiger partial charge in [0.1, 0.15) is 0 Å². The largest absolute Gasteiger partial charge is 0.268 e. The maximum atomic E-state index is 12.7. The van der Waals surface area contributed by atoms with Crippen molar-refractivity contribution in [1.82, 2.24) is 0 Å². The normalized spacial score (nSPS) is 14.4. The first kappa shape index (κ1) is 16.4. The summed E-state index contributed by atoms with van der Waals surface area (Å²) in [5.74, 6) is -0.592. The van der Waals surface area contributed by atoms with Gasteiger partial charge in [0.05, 0.1) is 16.8 Å². The van der Waals surface area contributed by atoms with Crippen molar-refractivity contribution < 1.29 is 9.59 Å². The predicted molar refractivity (Wildman–Crippen MR) is 98.1 cm³/mol. The van der Waals surface area contributed by atoms with Gasteiger partial charge in [-0.3, -0.25) is 9.59 Å². The van der Waals surface area contributed by atoms with E-state index >= 15 is 0 Å². The predicted octanol–water partition coefficient (Wildman–Crippen LogP) is 5.31. The van der Waals surface area contributed by atoms with E-state index in [1.807, 2.05) is 12.1 Å². The van der Waals surface area contributed by atoms with Crippen LogP contribution in [0.15, 0.2) is 45.3 Å². The first-order chi connectivity index (χ1) is 10.7. The van der Waals surface area contributed by atoms with Gasteiger partial charge in [0.25, 0.3) is 11.8 Å². The smallest absolute Gasteiger partial charge is 0.266 e. The first-order valence-corrected chi connectivity index (χ1v) is 8.78. The van der Waals surface area contributed by atoms with Crippen molar-refractivity contribution in [1.29, 1.82) is 0 Å². The fourth-order valence-electron chi connectivity index (χ4n) is 2.60. The summed E-state index contributed by atoms with van der Waals surface area (Å²) in [6, 6.07) is 10.8. The van der Waals surface area contributed by atoms with Gasteiger partial charge in [-0.2, -0.15) is 0 Å². The Hall–Kier alpha value is -1.46. The molecule has 0 radical (unpaired) electrons. The molecule has 23 heavy (non-hydrogen) atoms. The first-order valence-electron chi connectivity index (χ1n) is 7.19. The zero-order valence-electron chi connectivity index (χ0n) is 13.0. The minimum Gasteiger partial charge on any atom is -0.268 e. The fraction of sp³-hybridized carbons (Fsp3) is 0.222. The summed E-state index contributed by atoms with van der Waals surface area (Å²) in [4.78, 5) is 26.5. The topological polar surface area (TPSA) is 37.4 Å². The summed E-state index contributed by atoms with van der Waals surface area (Å²) < 4.78 is 1.43. The number of carbonyl (C=O) groups excluding carboxylic acids is 2. The van der Waals surface area contributed by atoms with Crippen molar-refractivity contribution in [2.45, 2.75) is 26.2 Å². The van der Waals surface area contributed by atoms with Crippen molar-refractivity contribution >= 4 is 49.4 Å².